The van der Waals surface area contributed by atoms with Gasteiger partial charge in [-0.3, -0.25) is 14.9 Å². The Labute approximate surface area is 171 Å². The largest absolute Gasteiger partial charge is 0.496 e. The summed E-state index contributed by atoms with van der Waals surface area (Å²) in [6, 6.07) is 13.7. The average Bonchev–Trinajstić information content (AvgIpc) is 3.22. The number of methoxy groups -OCH3 is 2. The summed E-state index contributed by atoms with van der Waals surface area (Å²) in [7, 11) is 2.92. The third-order valence-electron chi connectivity index (χ3n) is 4.07. The number of anilines is 1. The number of carbonyl (C=O) groups excluding carboxylic acids is 2. The first-order chi connectivity index (χ1) is 14.0. The molecule has 2 N–H and O–H groups in total. The third kappa shape index (κ3) is 4.69. The SMILES string of the molecule is COc1cccc(OC)c1C(=O)NC(C)C(=O)Nc1nnc(-c2ccccc2)s1. The Hall–Kier alpha value is -3.46. The second-order valence-corrected chi connectivity index (χ2v) is 6.98. The predicted molar refractivity (Wildman–Crippen MR) is 110 cm³/mol. The summed E-state index contributed by atoms with van der Waals surface area (Å²) >= 11 is 1.25. The Morgan fingerprint density at radius 3 is 2.24 bits per heavy atom. The van der Waals surface area contributed by atoms with Gasteiger partial charge < -0.3 is 14.8 Å². The topological polar surface area (TPSA) is 102 Å². The van der Waals surface area contributed by atoms with Crippen LogP contribution in [0, 0.1) is 0 Å². The molecule has 0 aliphatic rings. The first-order valence-corrected chi connectivity index (χ1v) is 9.56. The molecule has 29 heavy (non-hydrogen) atoms. The fourth-order valence-electron chi connectivity index (χ4n) is 2.59. The number of ether oxygens (including phenoxy) is 2. The van der Waals surface area contributed by atoms with Crippen LogP contribution in [0.5, 0.6) is 11.5 Å². The van der Waals surface area contributed by atoms with E-state index in [9.17, 15) is 9.59 Å². The van der Waals surface area contributed by atoms with Gasteiger partial charge in [0.05, 0.1) is 14.2 Å². The molecule has 1 atom stereocenters. The quantitative estimate of drug-likeness (QED) is 0.619. The molecule has 0 aliphatic carbocycles. The summed E-state index contributed by atoms with van der Waals surface area (Å²) in [4.78, 5) is 25.2. The van der Waals surface area contributed by atoms with Crippen LogP contribution in [0.4, 0.5) is 5.13 Å². The molecule has 0 spiro atoms. The maximum absolute atomic E-state index is 12.7. The number of nitrogens with one attached hydrogen (secondary N) is 2. The summed E-state index contributed by atoms with van der Waals surface area (Å²) in [5, 5.41) is 14.4. The van der Waals surface area contributed by atoms with Gasteiger partial charge in [-0.1, -0.05) is 47.7 Å². The van der Waals surface area contributed by atoms with Crippen molar-refractivity contribution < 1.29 is 19.1 Å². The van der Waals surface area contributed by atoms with Crippen LogP contribution in [-0.4, -0.2) is 42.3 Å². The second kappa shape index (κ2) is 9.16. The van der Waals surface area contributed by atoms with Gasteiger partial charge in [-0.2, -0.15) is 0 Å². The molecule has 0 saturated carbocycles. The summed E-state index contributed by atoms with van der Waals surface area (Å²) < 4.78 is 10.5. The van der Waals surface area contributed by atoms with E-state index in [1.807, 2.05) is 30.3 Å². The Bertz CT molecular complexity index is 984. The number of carbonyl (C=O) groups is 2. The normalized spacial score (nSPS) is 11.4. The van der Waals surface area contributed by atoms with Crippen LogP contribution in [0.1, 0.15) is 17.3 Å². The average molecular weight is 412 g/mol. The Kier molecular flexibility index (Phi) is 6.40. The van der Waals surface area contributed by atoms with E-state index in [1.165, 1.54) is 25.6 Å². The van der Waals surface area contributed by atoms with Crippen molar-refractivity contribution in [2.24, 2.45) is 0 Å². The van der Waals surface area contributed by atoms with Crippen LogP contribution in [0.25, 0.3) is 10.6 Å². The Balaban J connectivity index is 1.67. The highest BCUT2D eigenvalue weighted by Crippen LogP contribution is 2.28. The summed E-state index contributed by atoms with van der Waals surface area (Å²) in [5.74, 6) is -0.190. The van der Waals surface area contributed by atoms with Crippen molar-refractivity contribution in [3.8, 4) is 22.1 Å². The van der Waals surface area contributed by atoms with Crippen molar-refractivity contribution in [3.63, 3.8) is 0 Å². The van der Waals surface area contributed by atoms with Gasteiger partial charge in [0, 0.05) is 5.56 Å². The lowest BCUT2D eigenvalue weighted by molar-refractivity contribution is -0.117. The monoisotopic (exact) mass is 412 g/mol. The molecule has 0 aliphatic heterocycles. The molecule has 1 unspecified atom stereocenters. The van der Waals surface area contributed by atoms with Crippen molar-refractivity contribution in [2.45, 2.75) is 13.0 Å². The van der Waals surface area contributed by atoms with E-state index in [2.05, 4.69) is 20.8 Å². The van der Waals surface area contributed by atoms with Gasteiger partial charge in [-0.25, -0.2) is 0 Å². The van der Waals surface area contributed by atoms with E-state index >= 15 is 0 Å². The highest BCUT2D eigenvalue weighted by molar-refractivity contribution is 7.18. The zero-order chi connectivity index (χ0) is 20.8. The standard InChI is InChI=1S/C20H20N4O4S/c1-12(21-18(26)16-14(27-2)10-7-11-15(16)28-3)17(25)22-20-24-23-19(29-20)13-8-5-4-6-9-13/h4-12H,1-3H3,(H,21,26)(H,22,24,25). The zero-order valence-corrected chi connectivity index (χ0v) is 16.9. The lowest BCUT2D eigenvalue weighted by Gasteiger charge is -2.16. The number of benzene rings is 2. The minimum Gasteiger partial charge on any atom is -0.496 e. The van der Waals surface area contributed by atoms with E-state index < -0.39 is 17.9 Å². The molecule has 0 bridgehead atoms. The number of hydrogen-bond donors (Lipinski definition) is 2. The zero-order valence-electron chi connectivity index (χ0n) is 16.1. The molecule has 150 valence electrons. The fraction of sp³-hybridized carbons (Fsp3) is 0.200. The lowest BCUT2D eigenvalue weighted by Crippen LogP contribution is -2.41. The van der Waals surface area contributed by atoms with Crippen molar-refractivity contribution in [1.82, 2.24) is 15.5 Å². The molecule has 0 radical (unpaired) electrons. The Morgan fingerprint density at radius 1 is 0.966 bits per heavy atom. The third-order valence-corrected chi connectivity index (χ3v) is 4.96. The minimum absolute atomic E-state index is 0.222. The number of rotatable bonds is 7. The van der Waals surface area contributed by atoms with E-state index in [0.717, 1.165) is 5.56 Å². The molecule has 2 amide bonds. The van der Waals surface area contributed by atoms with E-state index in [4.69, 9.17) is 9.47 Å². The smallest absolute Gasteiger partial charge is 0.259 e. The first kappa shape index (κ1) is 20.3. The molecule has 1 aromatic heterocycles. The van der Waals surface area contributed by atoms with Crippen LogP contribution >= 0.6 is 11.3 Å². The number of nitrogens with zero attached hydrogens (tertiary/aromatic N) is 2. The summed E-state index contributed by atoms with van der Waals surface area (Å²) in [6.45, 7) is 1.58. The molecule has 3 rings (SSSR count). The molecule has 0 fully saturated rings. The molecule has 9 heteroatoms. The van der Waals surface area contributed by atoms with Crippen molar-refractivity contribution in [2.75, 3.05) is 19.5 Å². The highest BCUT2D eigenvalue weighted by atomic mass is 32.1. The van der Waals surface area contributed by atoms with Gasteiger partial charge in [-0.05, 0) is 19.1 Å². The molecule has 3 aromatic rings. The van der Waals surface area contributed by atoms with Crippen LogP contribution in [-0.2, 0) is 4.79 Å². The minimum atomic E-state index is -0.818. The van der Waals surface area contributed by atoms with E-state index in [1.54, 1.807) is 25.1 Å². The molecule has 8 nitrogen and oxygen atoms in total. The van der Waals surface area contributed by atoms with Gasteiger partial charge >= 0.3 is 0 Å². The van der Waals surface area contributed by atoms with Crippen LogP contribution in [0.3, 0.4) is 0 Å². The first-order valence-electron chi connectivity index (χ1n) is 8.75. The number of amides is 2. The maximum Gasteiger partial charge on any atom is 0.259 e. The molecular formula is C20H20N4O4S. The maximum atomic E-state index is 12.7. The molecule has 0 saturated heterocycles. The van der Waals surface area contributed by atoms with E-state index in [0.29, 0.717) is 21.6 Å². The van der Waals surface area contributed by atoms with Crippen molar-refractivity contribution >= 4 is 28.3 Å². The van der Waals surface area contributed by atoms with Gasteiger partial charge in [0.1, 0.15) is 28.1 Å². The summed E-state index contributed by atoms with van der Waals surface area (Å²) in [5.41, 5.74) is 1.13. The lowest BCUT2D eigenvalue weighted by atomic mass is 10.1. The fourth-order valence-corrected chi connectivity index (χ4v) is 3.35. The van der Waals surface area contributed by atoms with Gasteiger partial charge in [0.2, 0.25) is 11.0 Å². The van der Waals surface area contributed by atoms with Crippen molar-refractivity contribution in [1.29, 1.82) is 0 Å². The number of hydrogen-bond acceptors (Lipinski definition) is 7. The second-order valence-electron chi connectivity index (χ2n) is 6.00. The van der Waals surface area contributed by atoms with Gasteiger partial charge in [0.25, 0.3) is 5.91 Å². The van der Waals surface area contributed by atoms with Crippen LogP contribution < -0.4 is 20.1 Å². The van der Waals surface area contributed by atoms with Crippen LogP contribution in [0.2, 0.25) is 0 Å². The molecular weight excluding hydrogens is 392 g/mol. The van der Waals surface area contributed by atoms with Crippen LogP contribution in [0.15, 0.2) is 48.5 Å². The van der Waals surface area contributed by atoms with E-state index in [-0.39, 0.29) is 5.56 Å². The van der Waals surface area contributed by atoms with Gasteiger partial charge in [-0.15, -0.1) is 10.2 Å². The van der Waals surface area contributed by atoms with Gasteiger partial charge in [0.15, 0.2) is 0 Å². The molecule has 2 aromatic carbocycles. The summed E-state index contributed by atoms with van der Waals surface area (Å²) in [6.07, 6.45) is 0. The number of aromatic nitrogens is 2. The van der Waals surface area contributed by atoms with Crippen molar-refractivity contribution in [3.05, 3.63) is 54.1 Å². The Morgan fingerprint density at radius 2 is 1.62 bits per heavy atom. The predicted octanol–water partition coefficient (Wildman–Crippen LogP) is 2.98. The highest BCUT2D eigenvalue weighted by Gasteiger charge is 2.23. The molecule has 1 heterocycles.